The average molecular weight is 419 g/mol. The average Bonchev–Trinajstić information content (AvgIpc) is 3.18. The van der Waals surface area contributed by atoms with Crippen molar-refractivity contribution in [2.75, 3.05) is 23.3 Å². The van der Waals surface area contributed by atoms with Crippen molar-refractivity contribution in [3.05, 3.63) is 59.1 Å². The molecule has 2 aromatic rings. The van der Waals surface area contributed by atoms with Gasteiger partial charge in [0.1, 0.15) is 0 Å². The van der Waals surface area contributed by atoms with E-state index in [9.17, 15) is 0 Å². The van der Waals surface area contributed by atoms with Crippen LogP contribution in [0, 0.1) is 6.92 Å². The van der Waals surface area contributed by atoms with E-state index in [0.717, 1.165) is 43.3 Å². The summed E-state index contributed by atoms with van der Waals surface area (Å²) in [5.41, 5.74) is 9.21. The van der Waals surface area contributed by atoms with E-state index in [0.29, 0.717) is 5.02 Å². The largest absolute Gasteiger partial charge is 0.368 e. The van der Waals surface area contributed by atoms with Crippen LogP contribution in [-0.4, -0.2) is 36.2 Å². The molecule has 1 atom stereocenters. The van der Waals surface area contributed by atoms with Crippen LogP contribution in [0.15, 0.2) is 58.5 Å². The number of anilines is 2. The van der Waals surface area contributed by atoms with Crippen LogP contribution in [0.25, 0.3) is 0 Å². The summed E-state index contributed by atoms with van der Waals surface area (Å²) in [5.74, 6) is 1.13. The van der Waals surface area contributed by atoms with Crippen molar-refractivity contribution in [2.24, 2.45) is 15.7 Å². The molecule has 0 saturated carbocycles. The lowest BCUT2D eigenvalue weighted by molar-refractivity contribution is 0.497. The van der Waals surface area contributed by atoms with Crippen LogP contribution >= 0.6 is 24.0 Å². The Bertz CT molecular complexity index is 875. The molecule has 0 amide bonds. The zero-order chi connectivity index (χ0) is 18.8. The van der Waals surface area contributed by atoms with Crippen LogP contribution in [0.1, 0.15) is 18.4 Å². The number of aliphatic imine (C=N–C) groups is 2. The Kier molecular flexibility index (Phi) is 6.31. The molecular formula is C20H24Cl2N6. The zero-order valence-electron chi connectivity index (χ0n) is 15.7. The number of nitrogens with two attached hydrogens (primary N) is 1. The molecule has 8 heteroatoms. The highest BCUT2D eigenvalue weighted by atomic mass is 35.5. The van der Waals surface area contributed by atoms with E-state index >= 15 is 0 Å². The Morgan fingerprint density at radius 2 is 1.82 bits per heavy atom. The summed E-state index contributed by atoms with van der Waals surface area (Å²) in [4.78, 5) is 13.6. The lowest BCUT2D eigenvalue weighted by Gasteiger charge is -2.38. The number of benzene rings is 2. The third-order valence-electron chi connectivity index (χ3n) is 4.74. The van der Waals surface area contributed by atoms with Crippen LogP contribution in [0.3, 0.4) is 0 Å². The molecule has 1 unspecified atom stereocenters. The predicted octanol–water partition coefficient (Wildman–Crippen LogP) is 4.05. The topological polar surface area (TPSA) is 69.2 Å². The van der Waals surface area contributed by atoms with Gasteiger partial charge in [-0.2, -0.15) is 4.99 Å². The molecule has 6 nitrogen and oxygen atoms in total. The number of halogens is 2. The van der Waals surface area contributed by atoms with E-state index in [2.05, 4.69) is 50.2 Å². The van der Waals surface area contributed by atoms with Gasteiger partial charge in [-0.05, 0) is 61.7 Å². The third kappa shape index (κ3) is 4.34. The molecule has 0 aromatic heterocycles. The van der Waals surface area contributed by atoms with Gasteiger partial charge < -0.3 is 16.0 Å². The molecule has 1 fully saturated rings. The first-order valence-electron chi connectivity index (χ1n) is 9.15. The first kappa shape index (κ1) is 20.3. The Morgan fingerprint density at radius 3 is 2.50 bits per heavy atom. The summed E-state index contributed by atoms with van der Waals surface area (Å²) < 4.78 is 0. The maximum atomic E-state index is 6.08. The summed E-state index contributed by atoms with van der Waals surface area (Å²) in [5, 5.41) is 4.15. The van der Waals surface area contributed by atoms with E-state index in [1.165, 1.54) is 5.56 Å². The molecule has 2 aliphatic heterocycles. The number of aryl methyl sites for hydroxylation is 1. The van der Waals surface area contributed by atoms with Gasteiger partial charge in [-0.15, -0.1) is 12.4 Å². The first-order valence-corrected chi connectivity index (χ1v) is 9.53. The molecule has 4 rings (SSSR count). The van der Waals surface area contributed by atoms with Crippen molar-refractivity contribution in [3.8, 4) is 0 Å². The maximum Gasteiger partial charge on any atom is 0.222 e. The van der Waals surface area contributed by atoms with Crippen molar-refractivity contribution in [3.63, 3.8) is 0 Å². The summed E-state index contributed by atoms with van der Waals surface area (Å²) in [6.07, 6.45) is 1.93. The molecule has 0 aliphatic carbocycles. The molecular weight excluding hydrogens is 395 g/mol. The highest BCUT2D eigenvalue weighted by Gasteiger charge is 2.32. The molecule has 0 radical (unpaired) electrons. The van der Waals surface area contributed by atoms with E-state index in [1.807, 2.05) is 30.3 Å². The van der Waals surface area contributed by atoms with Crippen molar-refractivity contribution >= 4 is 47.3 Å². The normalized spacial score (nSPS) is 19.0. The maximum absolute atomic E-state index is 6.08. The predicted molar refractivity (Wildman–Crippen MR) is 120 cm³/mol. The van der Waals surface area contributed by atoms with Crippen molar-refractivity contribution in [1.82, 2.24) is 4.90 Å². The molecule has 1 saturated heterocycles. The van der Waals surface area contributed by atoms with Gasteiger partial charge in [-0.1, -0.05) is 23.7 Å². The summed E-state index contributed by atoms with van der Waals surface area (Å²) in [7, 11) is 0. The van der Waals surface area contributed by atoms with E-state index in [-0.39, 0.29) is 24.7 Å². The monoisotopic (exact) mass is 418 g/mol. The Hall–Kier alpha value is -2.44. The standard InChI is InChI=1S/C20H23ClN6.ClH/c1-14-5-4-6-17(13-14)27-19(23-16-9-7-15(21)8-10-16)24-18(22)25-20(27)26-11-2-3-12-26;/h4-10,13,19,23H,2-3,11-12H2,1H3,(H2,22,24);1H. The number of guanidine groups is 2. The number of likely N-dealkylation sites (tertiary alicyclic amines) is 1. The highest BCUT2D eigenvalue weighted by Crippen LogP contribution is 2.26. The fourth-order valence-corrected chi connectivity index (χ4v) is 3.57. The Labute approximate surface area is 176 Å². The minimum atomic E-state index is -0.388. The van der Waals surface area contributed by atoms with E-state index in [4.69, 9.17) is 17.3 Å². The smallest absolute Gasteiger partial charge is 0.222 e. The van der Waals surface area contributed by atoms with Crippen molar-refractivity contribution < 1.29 is 0 Å². The number of rotatable bonds is 3. The molecule has 148 valence electrons. The second-order valence-corrected chi connectivity index (χ2v) is 7.26. The van der Waals surface area contributed by atoms with E-state index < -0.39 is 0 Å². The van der Waals surface area contributed by atoms with Crippen molar-refractivity contribution in [1.29, 1.82) is 0 Å². The lowest BCUT2D eigenvalue weighted by Crippen LogP contribution is -2.54. The fourth-order valence-electron chi connectivity index (χ4n) is 3.44. The number of hydrogen-bond acceptors (Lipinski definition) is 6. The van der Waals surface area contributed by atoms with Gasteiger partial charge in [-0.3, -0.25) is 4.90 Å². The van der Waals surface area contributed by atoms with Gasteiger partial charge in [0.25, 0.3) is 0 Å². The zero-order valence-corrected chi connectivity index (χ0v) is 17.2. The summed E-state index contributed by atoms with van der Waals surface area (Å²) in [6.45, 7) is 4.03. The minimum Gasteiger partial charge on any atom is -0.368 e. The molecule has 0 bridgehead atoms. The van der Waals surface area contributed by atoms with Crippen LogP contribution in [-0.2, 0) is 0 Å². The Balaban J connectivity index is 0.00000225. The van der Waals surface area contributed by atoms with Gasteiger partial charge in [0.2, 0.25) is 18.2 Å². The Morgan fingerprint density at radius 1 is 1.11 bits per heavy atom. The molecule has 2 aromatic carbocycles. The summed E-state index contributed by atoms with van der Waals surface area (Å²) >= 11 is 6.02. The van der Waals surface area contributed by atoms with Crippen LogP contribution in [0.4, 0.5) is 11.4 Å². The molecule has 28 heavy (non-hydrogen) atoms. The number of nitrogens with one attached hydrogen (secondary N) is 1. The van der Waals surface area contributed by atoms with Gasteiger partial charge in [-0.25, -0.2) is 4.99 Å². The number of nitrogens with zero attached hydrogens (tertiary/aromatic N) is 4. The fraction of sp³-hybridized carbons (Fsp3) is 0.300. The van der Waals surface area contributed by atoms with Gasteiger partial charge in [0.05, 0.1) is 0 Å². The van der Waals surface area contributed by atoms with Crippen LogP contribution in [0.5, 0.6) is 0 Å². The molecule has 3 N–H and O–H groups in total. The molecule has 2 heterocycles. The molecule has 2 aliphatic rings. The molecule has 0 spiro atoms. The SMILES string of the molecule is Cc1cccc(N2C(N3CCCC3)=NC(N)=NC2Nc2ccc(Cl)cc2)c1.Cl. The highest BCUT2D eigenvalue weighted by molar-refractivity contribution is 6.30. The van der Waals surface area contributed by atoms with Crippen LogP contribution in [0.2, 0.25) is 5.02 Å². The second kappa shape index (κ2) is 8.71. The van der Waals surface area contributed by atoms with E-state index in [1.54, 1.807) is 0 Å². The van der Waals surface area contributed by atoms with Gasteiger partial charge >= 0.3 is 0 Å². The second-order valence-electron chi connectivity index (χ2n) is 6.83. The summed E-state index contributed by atoms with van der Waals surface area (Å²) in [6, 6.07) is 15.9. The van der Waals surface area contributed by atoms with Gasteiger partial charge in [0, 0.05) is 29.5 Å². The van der Waals surface area contributed by atoms with Gasteiger partial charge in [0.15, 0.2) is 0 Å². The van der Waals surface area contributed by atoms with Crippen LogP contribution < -0.4 is 16.0 Å². The van der Waals surface area contributed by atoms with Crippen molar-refractivity contribution in [2.45, 2.75) is 26.1 Å². The lowest BCUT2D eigenvalue weighted by atomic mass is 10.2. The third-order valence-corrected chi connectivity index (χ3v) is 4.99. The minimum absolute atomic E-state index is 0. The number of hydrogen-bond donors (Lipinski definition) is 2. The quantitative estimate of drug-likeness (QED) is 0.788. The first-order chi connectivity index (χ1) is 13.1.